The van der Waals surface area contributed by atoms with E-state index in [-0.39, 0.29) is 22.6 Å². The summed E-state index contributed by atoms with van der Waals surface area (Å²) in [6.07, 6.45) is 1.14. The van der Waals surface area contributed by atoms with Gasteiger partial charge in [-0.2, -0.15) is 0 Å². The molecule has 0 radical (unpaired) electrons. The first-order valence-electron chi connectivity index (χ1n) is 12.7. The molecule has 0 saturated carbocycles. The Bertz CT molecular complexity index is 1430. The van der Waals surface area contributed by atoms with Crippen molar-refractivity contribution in [2.24, 2.45) is 0 Å². The Morgan fingerprint density at radius 3 is 1.43 bits per heavy atom. The van der Waals surface area contributed by atoms with Crippen LogP contribution in [0.15, 0.2) is 114 Å². The van der Waals surface area contributed by atoms with Crippen molar-refractivity contribution >= 4 is 45.2 Å². The standard InChI is InChI=1S/C31H31O7PS/c1-36-30(32)24-21-25(31(33)37-2)23-29(22-24)40(34,35)38-19-12-20-39(26-13-6-3-7-14-26,27-15-8-4-9-16-27)28-17-10-5-11-18-28/h3-11,13-18,21-23,39H,12,19-20H2,1-2H3. The van der Waals surface area contributed by atoms with Crippen LogP contribution in [0.2, 0.25) is 0 Å². The van der Waals surface area contributed by atoms with Crippen LogP contribution in [0, 0.1) is 0 Å². The molecule has 0 atom stereocenters. The maximum absolute atomic E-state index is 13.2. The van der Waals surface area contributed by atoms with E-state index in [1.54, 1.807) is 0 Å². The summed E-state index contributed by atoms with van der Waals surface area (Å²) in [7, 11) is -4.52. The number of esters is 2. The number of ether oxygens (including phenoxy) is 2. The van der Waals surface area contributed by atoms with E-state index in [2.05, 4.69) is 36.4 Å². The summed E-state index contributed by atoms with van der Waals surface area (Å²) < 4.78 is 41.2. The van der Waals surface area contributed by atoms with Crippen LogP contribution in [0.25, 0.3) is 0 Å². The molecule has 0 aliphatic carbocycles. The number of carbonyl (C=O) groups excluding carboxylic acids is 2. The van der Waals surface area contributed by atoms with Crippen molar-refractivity contribution in [3.63, 3.8) is 0 Å². The summed E-state index contributed by atoms with van der Waals surface area (Å²) in [6.45, 7) is -0.0837. The molecular weight excluding hydrogens is 547 g/mol. The molecular formula is C31H31O7PS. The first-order chi connectivity index (χ1) is 19.3. The van der Waals surface area contributed by atoms with Gasteiger partial charge in [0.25, 0.3) is 0 Å². The van der Waals surface area contributed by atoms with Gasteiger partial charge in [-0.3, -0.25) is 0 Å². The number of hydrogen-bond acceptors (Lipinski definition) is 7. The van der Waals surface area contributed by atoms with Crippen LogP contribution in [0.3, 0.4) is 0 Å². The van der Waals surface area contributed by atoms with Crippen LogP contribution < -0.4 is 15.9 Å². The third-order valence-corrected chi connectivity index (χ3v) is 13.1. The summed E-state index contributed by atoms with van der Waals surface area (Å²) >= 11 is 0. The number of methoxy groups -OCH3 is 2. The summed E-state index contributed by atoms with van der Waals surface area (Å²) in [4.78, 5) is 23.9. The van der Waals surface area contributed by atoms with Crippen LogP contribution in [-0.4, -0.2) is 47.3 Å². The van der Waals surface area contributed by atoms with Gasteiger partial charge in [0.05, 0.1) is 0 Å². The number of carbonyl (C=O) groups is 2. The fraction of sp³-hybridized carbons (Fsp3) is 0.161. The Kier molecular flexibility index (Phi) is 9.48. The van der Waals surface area contributed by atoms with Crippen molar-refractivity contribution in [3.05, 3.63) is 120 Å². The van der Waals surface area contributed by atoms with E-state index in [0.717, 1.165) is 12.1 Å². The van der Waals surface area contributed by atoms with Gasteiger partial charge in [0, 0.05) is 0 Å². The fourth-order valence-corrected chi connectivity index (χ4v) is 10.7. The third-order valence-electron chi connectivity index (χ3n) is 6.77. The molecule has 0 N–H and O–H groups in total. The van der Waals surface area contributed by atoms with Gasteiger partial charge in [0.1, 0.15) is 0 Å². The molecule has 7 nitrogen and oxygen atoms in total. The zero-order chi connectivity index (χ0) is 28.6. The van der Waals surface area contributed by atoms with E-state index in [1.165, 1.54) is 36.2 Å². The molecule has 4 aromatic rings. The van der Waals surface area contributed by atoms with E-state index in [9.17, 15) is 18.0 Å². The van der Waals surface area contributed by atoms with Crippen LogP contribution in [0.1, 0.15) is 27.1 Å². The van der Waals surface area contributed by atoms with Gasteiger partial charge in [-0.25, -0.2) is 0 Å². The summed E-state index contributed by atoms with van der Waals surface area (Å²) in [5.41, 5.74) is -0.201. The Morgan fingerprint density at radius 2 is 1.05 bits per heavy atom. The quantitative estimate of drug-likeness (QED) is 0.115. The molecule has 0 saturated heterocycles. The molecule has 0 unspecified atom stereocenters. The Balaban J connectivity index is 1.64. The molecule has 4 rings (SSSR count). The van der Waals surface area contributed by atoms with E-state index in [0.29, 0.717) is 12.6 Å². The Labute approximate surface area is 235 Å². The Morgan fingerprint density at radius 1 is 0.650 bits per heavy atom. The van der Waals surface area contributed by atoms with Gasteiger partial charge in [0.2, 0.25) is 0 Å². The molecule has 4 aromatic carbocycles. The van der Waals surface area contributed by atoms with E-state index >= 15 is 0 Å². The van der Waals surface area contributed by atoms with Gasteiger partial charge in [-0.1, -0.05) is 0 Å². The van der Waals surface area contributed by atoms with Crippen molar-refractivity contribution in [1.82, 2.24) is 0 Å². The predicted molar refractivity (Wildman–Crippen MR) is 158 cm³/mol. The zero-order valence-corrected chi connectivity index (χ0v) is 24.1. The molecule has 0 bridgehead atoms. The maximum atomic E-state index is 13.2. The van der Waals surface area contributed by atoms with Gasteiger partial charge in [-0.05, 0) is 0 Å². The Hall–Kier alpha value is -3.84. The van der Waals surface area contributed by atoms with Crippen molar-refractivity contribution in [2.75, 3.05) is 27.0 Å². The number of hydrogen-bond donors (Lipinski definition) is 0. The number of rotatable bonds is 11. The van der Waals surface area contributed by atoms with E-state index < -0.39 is 29.3 Å². The van der Waals surface area contributed by atoms with E-state index in [1.807, 2.05) is 54.6 Å². The fourth-order valence-electron chi connectivity index (χ4n) is 4.89. The minimum absolute atomic E-state index is 0.0837. The summed E-state index contributed by atoms with van der Waals surface area (Å²) in [5, 5.41) is 3.64. The second-order valence-corrected chi connectivity index (χ2v) is 14.8. The molecule has 40 heavy (non-hydrogen) atoms. The molecule has 0 aliphatic heterocycles. The molecule has 0 amide bonds. The molecule has 0 aromatic heterocycles. The van der Waals surface area contributed by atoms with Gasteiger partial charge in [0.15, 0.2) is 0 Å². The van der Waals surface area contributed by atoms with Gasteiger partial charge >= 0.3 is 236 Å². The topological polar surface area (TPSA) is 96.0 Å². The predicted octanol–water partition coefficient (Wildman–Crippen LogP) is 4.08. The van der Waals surface area contributed by atoms with Crippen LogP contribution in [0.5, 0.6) is 0 Å². The minimum atomic E-state index is -4.30. The first kappa shape index (κ1) is 29.2. The van der Waals surface area contributed by atoms with Crippen LogP contribution in [-0.2, 0) is 23.8 Å². The van der Waals surface area contributed by atoms with Crippen LogP contribution in [0.4, 0.5) is 0 Å². The second kappa shape index (κ2) is 13.0. The van der Waals surface area contributed by atoms with Crippen molar-refractivity contribution in [1.29, 1.82) is 0 Å². The molecule has 0 spiro atoms. The molecule has 208 valence electrons. The first-order valence-corrected chi connectivity index (χ1v) is 16.3. The van der Waals surface area contributed by atoms with Crippen LogP contribution >= 0.6 is 7.26 Å². The molecule has 0 heterocycles. The van der Waals surface area contributed by atoms with Crippen molar-refractivity contribution in [3.8, 4) is 0 Å². The second-order valence-electron chi connectivity index (χ2n) is 9.11. The van der Waals surface area contributed by atoms with E-state index in [4.69, 9.17) is 13.7 Å². The number of benzene rings is 4. The average molecular weight is 579 g/mol. The summed E-state index contributed by atoms with van der Waals surface area (Å²) in [6, 6.07) is 34.4. The monoisotopic (exact) mass is 578 g/mol. The normalized spacial score (nSPS) is 11.9. The zero-order valence-electron chi connectivity index (χ0n) is 22.3. The molecule has 0 fully saturated rings. The summed E-state index contributed by atoms with van der Waals surface area (Å²) in [5.74, 6) is -1.57. The van der Waals surface area contributed by atoms with Crippen molar-refractivity contribution < 1.29 is 31.7 Å². The average Bonchev–Trinajstić information content (AvgIpc) is 3.01. The molecule has 0 aliphatic rings. The SMILES string of the molecule is COC(=O)c1cc(C(=O)OC)cc(S(=O)(=O)OCCC[PH](c2ccccc2)(c2ccccc2)c2ccccc2)c1. The third kappa shape index (κ3) is 6.31. The van der Waals surface area contributed by atoms with Gasteiger partial charge in [-0.15, -0.1) is 0 Å². The van der Waals surface area contributed by atoms with Crippen molar-refractivity contribution in [2.45, 2.75) is 11.3 Å². The van der Waals surface area contributed by atoms with Gasteiger partial charge < -0.3 is 0 Å². The molecule has 9 heteroatoms.